The fraction of sp³-hybridized carbons (Fsp3) is 0.533. The number of para-hydroxylation sites is 1. The molecule has 0 amide bonds. The van der Waals surface area contributed by atoms with Crippen molar-refractivity contribution in [3.63, 3.8) is 0 Å². The number of hydrogen-bond donors (Lipinski definition) is 0. The van der Waals surface area contributed by atoms with E-state index >= 15 is 0 Å². The molecule has 109 valence electrons. The van der Waals surface area contributed by atoms with Crippen LogP contribution in [-0.4, -0.2) is 33.3 Å². The topological polar surface area (TPSA) is 58.4 Å². The predicted molar refractivity (Wildman–Crippen MR) is 76.0 cm³/mol. The lowest BCUT2D eigenvalue weighted by Gasteiger charge is -2.32. The van der Waals surface area contributed by atoms with Crippen LogP contribution in [0.2, 0.25) is 0 Å². The Bertz CT molecular complexity index is 550. The van der Waals surface area contributed by atoms with Gasteiger partial charge in [-0.1, -0.05) is 17.2 Å². The van der Waals surface area contributed by atoms with Gasteiger partial charge in [0.25, 0.3) is 0 Å². The Labute approximate surface area is 119 Å². The molecule has 1 aromatic rings. The van der Waals surface area contributed by atoms with Gasteiger partial charge in [-0.15, -0.1) is 0 Å². The average molecular weight is 277 g/mol. The lowest BCUT2D eigenvalue weighted by atomic mass is 9.84. The highest BCUT2D eigenvalue weighted by Crippen LogP contribution is 2.38. The van der Waals surface area contributed by atoms with Gasteiger partial charge in [-0.2, -0.15) is 0 Å². The third kappa shape index (κ3) is 1.85. The van der Waals surface area contributed by atoms with E-state index in [4.69, 9.17) is 4.74 Å². The summed E-state index contributed by atoms with van der Waals surface area (Å²) >= 11 is 0. The van der Waals surface area contributed by atoms with Crippen LogP contribution in [0.1, 0.15) is 40.2 Å². The summed E-state index contributed by atoms with van der Waals surface area (Å²) in [5.41, 5.74) is -1.09. The van der Waals surface area contributed by atoms with Crippen molar-refractivity contribution >= 4 is 5.84 Å². The second kappa shape index (κ2) is 4.66. The first-order valence-electron chi connectivity index (χ1n) is 6.79. The lowest BCUT2D eigenvalue weighted by Crippen LogP contribution is -2.53. The molecule has 0 unspecified atom stereocenters. The monoisotopic (exact) mass is 277 g/mol. The minimum Gasteiger partial charge on any atom is -0.714 e. The molecular weight excluding hydrogens is 256 g/mol. The lowest BCUT2D eigenvalue weighted by molar-refractivity contribution is -0.539. The molecule has 0 aliphatic carbocycles. The van der Waals surface area contributed by atoms with E-state index in [1.807, 2.05) is 13.0 Å². The van der Waals surface area contributed by atoms with Crippen molar-refractivity contribution in [2.75, 3.05) is 6.61 Å². The van der Waals surface area contributed by atoms with Gasteiger partial charge in [0.1, 0.15) is 16.9 Å². The predicted octanol–water partition coefficient (Wildman–Crippen LogP) is 2.56. The zero-order valence-electron chi connectivity index (χ0n) is 12.6. The summed E-state index contributed by atoms with van der Waals surface area (Å²) in [7, 11) is 0. The van der Waals surface area contributed by atoms with E-state index in [-0.39, 0.29) is 5.84 Å². The molecule has 20 heavy (non-hydrogen) atoms. The Morgan fingerprint density at radius 2 is 1.85 bits per heavy atom. The summed E-state index contributed by atoms with van der Waals surface area (Å²) in [6, 6.07) is 7.13. The van der Waals surface area contributed by atoms with Gasteiger partial charge in [0, 0.05) is 5.21 Å². The summed E-state index contributed by atoms with van der Waals surface area (Å²) in [4.78, 5) is 0. The molecule has 1 heterocycles. The van der Waals surface area contributed by atoms with Gasteiger partial charge in [0.15, 0.2) is 5.54 Å². The molecule has 2 rings (SSSR count). The molecule has 0 N–H and O–H groups in total. The molecule has 0 saturated heterocycles. The smallest absolute Gasteiger partial charge is 0.320 e. The summed E-state index contributed by atoms with van der Waals surface area (Å²) in [5, 5.41) is 26.0. The third-order valence-corrected chi connectivity index (χ3v) is 4.33. The van der Waals surface area contributed by atoms with Crippen LogP contribution < -0.4 is 4.74 Å². The highest BCUT2D eigenvalue weighted by molar-refractivity contribution is 5.98. The average Bonchev–Trinajstić information content (AvgIpc) is 2.50. The molecular formula is C15H21N2O3. The zero-order chi connectivity index (χ0) is 15.1. The Hall–Kier alpha value is -1.75. The summed E-state index contributed by atoms with van der Waals surface area (Å²) in [5.74, 6) is 0.671. The SMILES string of the molecule is CCOc1ccccc1C1=[N+]([O-])C(C)(C)C(C)(C)N1[O]. The maximum absolute atomic E-state index is 12.6. The number of hydrogen-bond acceptors (Lipinski definition) is 3. The molecule has 0 aromatic heterocycles. The van der Waals surface area contributed by atoms with E-state index in [2.05, 4.69) is 0 Å². The van der Waals surface area contributed by atoms with Crippen molar-refractivity contribution in [3.05, 3.63) is 35.0 Å². The van der Waals surface area contributed by atoms with E-state index in [0.29, 0.717) is 17.9 Å². The minimum atomic E-state index is -0.816. The van der Waals surface area contributed by atoms with Gasteiger partial charge in [-0.3, -0.25) is 4.74 Å². The van der Waals surface area contributed by atoms with Crippen molar-refractivity contribution in [1.82, 2.24) is 5.06 Å². The van der Waals surface area contributed by atoms with Crippen molar-refractivity contribution in [2.24, 2.45) is 0 Å². The Morgan fingerprint density at radius 3 is 2.35 bits per heavy atom. The Kier molecular flexibility index (Phi) is 3.42. The van der Waals surface area contributed by atoms with E-state index in [1.165, 1.54) is 0 Å². The molecule has 5 nitrogen and oxygen atoms in total. The largest absolute Gasteiger partial charge is 0.714 e. The number of benzene rings is 1. The first kappa shape index (κ1) is 14.7. The fourth-order valence-electron chi connectivity index (χ4n) is 2.26. The van der Waals surface area contributed by atoms with E-state index in [0.717, 1.165) is 9.80 Å². The molecule has 5 heteroatoms. The Balaban J connectivity index is 2.61. The second-order valence-electron chi connectivity index (χ2n) is 5.96. The zero-order valence-corrected chi connectivity index (χ0v) is 12.6. The van der Waals surface area contributed by atoms with Crippen molar-refractivity contribution < 1.29 is 14.7 Å². The summed E-state index contributed by atoms with van der Waals surface area (Å²) in [6.45, 7) is 9.47. The van der Waals surface area contributed by atoms with Crippen LogP contribution in [0.25, 0.3) is 0 Å². The van der Waals surface area contributed by atoms with Crippen molar-refractivity contribution in [1.29, 1.82) is 0 Å². The van der Waals surface area contributed by atoms with Crippen LogP contribution in [0.4, 0.5) is 0 Å². The van der Waals surface area contributed by atoms with Crippen LogP contribution >= 0.6 is 0 Å². The first-order chi connectivity index (χ1) is 9.25. The molecule has 1 radical (unpaired) electrons. The number of nitrogens with zero attached hydrogens (tertiary/aromatic N) is 2. The quantitative estimate of drug-likeness (QED) is 0.630. The van der Waals surface area contributed by atoms with Gasteiger partial charge in [-0.25, -0.2) is 0 Å². The van der Waals surface area contributed by atoms with Gasteiger partial charge in [-0.05, 0) is 46.8 Å². The van der Waals surface area contributed by atoms with E-state index in [1.54, 1.807) is 45.9 Å². The summed E-state index contributed by atoms with van der Waals surface area (Å²) < 4.78 is 6.33. The number of ether oxygens (including phenoxy) is 1. The molecule has 1 aromatic carbocycles. The highest BCUT2D eigenvalue weighted by Gasteiger charge is 2.60. The van der Waals surface area contributed by atoms with Crippen LogP contribution in [0.5, 0.6) is 5.75 Å². The first-order valence-corrected chi connectivity index (χ1v) is 6.79. The van der Waals surface area contributed by atoms with Gasteiger partial charge in [0.05, 0.1) is 6.61 Å². The second-order valence-corrected chi connectivity index (χ2v) is 5.96. The normalized spacial score (nSPS) is 20.4. The third-order valence-electron chi connectivity index (χ3n) is 4.33. The molecule has 0 bridgehead atoms. The number of rotatable bonds is 3. The molecule has 0 spiro atoms. The molecule has 0 saturated carbocycles. The molecule has 1 aliphatic heterocycles. The van der Waals surface area contributed by atoms with Crippen molar-refractivity contribution in [2.45, 2.75) is 45.7 Å². The van der Waals surface area contributed by atoms with Crippen LogP contribution in [0.3, 0.4) is 0 Å². The van der Waals surface area contributed by atoms with E-state index in [9.17, 15) is 10.4 Å². The molecule has 1 aliphatic rings. The number of amidine groups is 1. The van der Waals surface area contributed by atoms with Gasteiger partial charge < -0.3 is 9.94 Å². The fourth-order valence-corrected chi connectivity index (χ4v) is 2.26. The highest BCUT2D eigenvalue weighted by atomic mass is 16.5. The maximum Gasteiger partial charge on any atom is 0.320 e. The van der Waals surface area contributed by atoms with Crippen LogP contribution in [0, 0.1) is 5.21 Å². The van der Waals surface area contributed by atoms with E-state index < -0.39 is 11.1 Å². The van der Waals surface area contributed by atoms with Gasteiger partial charge >= 0.3 is 5.84 Å². The standard InChI is InChI=1S/C15H21N2O3/c1-6-20-12-10-8-7-9-11(12)13-16(18)14(2,3)15(4,5)17(13)19/h7-10H,6H2,1-5H3. The van der Waals surface area contributed by atoms with Gasteiger partial charge in [0.2, 0.25) is 0 Å². The molecule has 0 atom stereocenters. The minimum absolute atomic E-state index is 0.115. The van der Waals surface area contributed by atoms with Crippen LogP contribution in [-0.2, 0) is 5.21 Å². The Morgan fingerprint density at radius 1 is 1.25 bits per heavy atom. The summed E-state index contributed by atoms with van der Waals surface area (Å²) in [6.07, 6.45) is 0. The van der Waals surface area contributed by atoms with Crippen LogP contribution in [0.15, 0.2) is 24.3 Å². The van der Waals surface area contributed by atoms with Crippen molar-refractivity contribution in [3.8, 4) is 5.75 Å². The maximum atomic E-state index is 12.6. The molecule has 0 fully saturated rings. The number of hydroxylamine groups is 3.